The summed E-state index contributed by atoms with van der Waals surface area (Å²) >= 11 is 0. The van der Waals surface area contributed by atoms with Crippen molar-refractivity contribution in [1.82, 2.24) is 10.2 Å². The van der Waals surface area contributed by atoms with Crippen molar-refractivity contribution in [3.05, 3.63) is 24.3 Å². The van der Waals surface area contributed by atoms with Crippen molar-refractivity contribution < 1.29 is 23.9 Å². The predicted molar refractivity (Wildman–Crippen MR) is 72.8 cm³/mol. The van der Waals surface area contributed by atoms with Gasteiger partial charge in [-0.15, -0.1) is 0 Å². The lowest BCUT2D eigenvalue weighted by molar-refractivity contribution is -0.150. The van der Waals surface area contributed by atoms with Crippen LogP contribution in [0.1, 0.15) is 6.92 Å². The maximum Gasteiger partial charge on any atom is 0.261 e. The number of nitrogens with zero attached hydrogens (tertiary/aromatic N) is 1. The van der Waals surface area contributed by atoms with E-state index in [0.29, 0.717) is 11.5 Å². The van der Waals surface area contributed by atoms with Crippen LogP contribution >= 0.6 is 0 Å². The number of hydrogen-bond donors (Lipinski definition) is 1. The molecule has 7 nitrogen and oxygen atoms in total. The molecule has 0 saturated carbocycles. The number of carbonyl (C=O) groups is 3. The number of hydrogen-bond acceptors (Lipinski definition) is 5. The van der Waals surface area contributed by atoms with E-state index in [1.807, 2.05) is 0 Å². The van der Waals surface area contributed by atoms with E-state index in [0.717, 1.165) is 0 Å². The number of ether oxygens (including phenoxy) is 2. The predicted octanol–water partition coefficient (Wildman–Crippen LogP) is -0.0525. The smallest absolute Gasteiger partial charge is 0.261 e. The second kappa shape index (κ2) is 6.25. The summed E-state index contributed by atoms with van der Waals surface area (Å²) in [6.07, 6.45) is 0. The Morgan fingerprint density at radius 2 is 2.00 bits per heavy atom. The lowest BCUT2D eigenvalue weighted by Gasteiger charge is -2.31. The molecule has 7 heteroatoms. The Kier molecular flexibility index (Phi) is 4.42. The standard InChI is InChI=1S/C14H16N2O5/c1-9-14(19)15-12(17)7-16(9)13(18)8-21-11-6-4-3-5-10(11)20-2/h3-6,9H,7-8H2,1-2H3,(H,15,17,19). The molecule has 0 radical (unpaired) electrons. The highest BCUT2D eigenvalue weighted by Crippen LogP contribution is 2.25. The summed E-state index contributed by atoms with van der Waals surface area (Å²) in [7, 11) is 1.50. The molecule has 1 aliphatic heterocycles. The fourth-order valence-corrected chi connectivity index (χ4v) is 1.98. The molecular formula is C14H16N2O5. The van der Waals surface area contributed by atoms with Gasteiger partial charge in [-0.2, -0.15) is 0 Å². The minimum atomic E-state index is -0.698. The number of nitrogens with one attached hydrogen (secondary N) is 1. The number of para-hydroxylation sites is 2. The molecule has 1 atom stereocenters. The third-order valence-corrected chi connectivity index (χ3v) is 3.16. The number of imide groups is 1. The van der Waals surface area contributed by atoms with Gasteiger partial charge in [0.2, 0.25) is 11.8 Å². The molecule has 1 N–H and O–H groups in total. The van der Waals surface area contributed by atoms with E-state index in [1.165, 1.54) is 12.0 Å². The summed E-state index contributed by atoms with van der Waals surface area (Å²) in [4.78, 5) is 36.1. The third kappa shape index (κ3) is 3.31. The van der Waals surface area contributed by atoms with Gasteiger partial charge in [-0.25, -0.2) is 0 Å². The Morgan fingerprint density at radius 1 is 1.33 bits per heavy atom. The fraction of sp³-hybridized carbons (Fsp3) is 0.357. The summed E-state index contributed by atoms with van der Waals surface area (Å²) in [5.41, 5.74) is 0. The van der Waals surface area contributed by atoms with E-state index in [-0.39, 0.29) is 13.2 Å². The summed E-state index contributed by atoms with van der Waals surface area (Å²) in [6, 6.07) is 6.21. The average Bonchev–Trinajstić information content (AvgIpc) is 2.48. The molecule has 1 fully saturated rings. The van der Waals surface area contributed by atoms with Crippen LogP contribution in [0.2, 0.25) is 0 Å². The van der Waals surface area contributed by atoms with Crippen molar-refractivity contribution in [2.45, 2.75) is 13.0 Å². The highest BCUT2D eigenvalue weighted by Gasteiger charge is 2.33. The lowest BCUT2D eigenvalue weighted by Crippen LogP contribution is -2.59. The normalized spacial score (nSPS) is 18.2. The Bertz CT molecular complexity index is 572. The number of benzene rings is 1. The molecule has 1 aliphatic rings. The third-order valence-electron chi connectivity index (χ3n) is 3.16. The number of rotatable bonds is 4. The Labute approximate surface area is 121 Å². The number of carbonyl (C=O) groups excluding carboxylic acids is 3. The first kappa shape index (κ1) is 14.8. The number of methoxy groups -OCH3 is 1. The topological polar surface area (TPSA) is 84.9 Å². The molecule has 112 valence electrons. The number of piperazine rings is 1. The fourth-order valence-electron chi connectivity index (χ4n) is 1.98. The van der Waals surface area contributed by atoms with Crippen molar-refractivity contribution in [2.75, 3.05) is 20.3 Å². The monoisotopic (exact) mass is 292 g/mol. The maximum atomic E-state index is 12.1. The average molecular weight is 292 g/mol. The Balaban J connectivity index is 2.01. The number of amides is 3. The second-order valence-corrected chi connectivity index (χ2v) is 4.55. The van der Waals surface area contributed by atoms with Gasteiger partial charge in [0.15, 0.2) is 18.1 Å². The summed E-state index contributed by atoms with van der Waals surface area (Å²) in [5, 5.41) is 2.17. The van der Waals surface area contributed by atoms with E-state index in [2.05, 4.69) is 5.32 Å². The van der Waals surface area contributed by atoms with E-state index in [1.54, 1.807) is 31.2 Å². The van der Waals surface area contributed by atoms with Gasteiger partial charge in [0.25, 0.3) is 5.91 Å². The molecule has 0 bridgehead atoms. The molecule has 1 heterocycles. The molecule has 0 spiro atoms. The van der Waals surface area contributed by atoms with Crippen molar-refractivity contribution in [2.24, 2.45) is 0 Å². The van der Waals surface area contributed by atoms with Crippen molar-refractivity contribution in [3.63, 3.8) is 0 Å². The SMILES string of the molecule is COc1ccccc1OCC(=O)N1CC(=O)NC(=O)C1C. The molecule has 0 aromatic heterocycles. The van der Waals surface area contributed by atoms with Crippen LogP contribution in [-0.2, 0) is 14.4 Å². The molecule has 3 amide bonds. The van der Waals surface area contributed by atoms with Crippen LogP contribution in [0.3, 0.4) is 0 Å². The van der Waals surface area contributed by atoms with Crippen molar-refractivity contribution in [1.29, 1.82) is 0 Å². The van der Waals surface area contributed by atoms with E-state index >= 15 is 0 Å². The van der Waals surface area contributed by atoms with Gasteiger partial charge in [0.05, 0.1) is 7.11 Å². The van der Waals surface area contributed by atoms with E-state index < -0.39 is 23.8 Å². The van der Waals surface area contributed by atoms with Gasteiger partial charge in [-0.3, -0.25) is 19.7 Å². The zero-order valence-electron chi connectivity index (χ0n) is 11.8. The largest absolute Gasteiger partial charge is 0.493 e. The summed E-state index contributed by atoms with van der Waals surface area (Å²) < 4.78 is 10.5. The molecule has 1 aromatic rings. The first-order valence-electron chi connectivity index (χ1n) is 6.42. The van der Waals surface area contributed by atoms with Gasteiger partial charge in [-0.05, 0) is 19.1 Å². The van der Waals surface area contributed by atoms with E-state index in [4.69, 9.17) is 9.47 Å². The quantitative estimate of drug-likeness (QED) is 0.786. The highest BCUT2D eigenvalue weighted by atomic mass is 16.5. The van der Waals surface area contributed by atoms with Crippen LogP contribution in [0.15, 0.2) is 24.3 Å². The van der Waals surface area contributed by atoms with Gasteiger partial charge in [-0.1, -0.05) is 12.1 Å². The molecular weight excluding hydrogens is 276 g/mol. The Morgan fingerprint density at radius 3 is 2.67 bits per heavy atom. The molecule has 1 saturated heterocycles. The first-order valence-corrected chi connectivity index (χ1v) is 6.42. The molecule has 2 rings (SSSR count). The van der Waals surface area contributed by atoms with Crippen LogP contribution in [0.25, 0.3) is 0 Å². The van der Waals surface area contributed by atoms with Gasteiger partial charge in [0, 0.05) is 0 Å². The van der Waals surface area contributed by atoms with Gasteiger partial charge in [0.1, 0.15) is 12.6 Å². The minimum Gasteiger partial charge on any atom is -0.493 e. The summed E-state index contributed by atoms with van der Waals surface area (Å²) in [6.45, 7) is 1.13. The first-order chi connectivity index (χ1) is 10.0. The minimum absolute atomic E-state index is 0.152. The van der Waals surface area contributed by atoms with Gasteiger partial charge >= 0.3 is 0 Å². The van der Waals surface area contributed by atoms with Crippen LogP contribution in [0.4, 0.5) is 0 Å². The van der Waals surface area contributed by atoms with Gasteiger partial charge < -0.3 is 14.4 Å². The van der Waals surface area contributed by atoms with Crippen LogP contribution in [-0.4, -0.2) is 48.9 Å². The highest BCUT2D eigenvalue weighted by molar-refractivity contribution is 6.04. The second-order valence-electron chi connectivity index (χ2n) is 4.55. The maximum absolute atomic E-state index is 12.1. The lowest BCUT2D eigenvalue weighted by atomic mass is 10.2. The molecule has 1 aromatic carbocycles. The van der Waals surface area contributed by atoms with Crippen LogP contribution < -0.4 is 14.8 Å². The zero-order valence-corrected chi connectivity index (χ0v) is 11.8. The molecule has 0 aliphatic carbocycles. The van der Waals surface area contributed by atoms with Crippen LogP contribution in [0, 0.1) is 0 Å². The molecule has 21 heavy (non-hydrogen) atoms. The van der Waals surface area contributed by atoms with E-state index in [9.17, 15) is 14.4 Å². The summed E-state index contributed by atoms with van der Waals surface area (Å²) in [5.74, 6) is -0.489. The Hall–Kier alpha value is -2.57. The van der Waals surface area contributed by atoms with Crippen molar-refractivity contribution in [3.8, 4) is 11.5 Å². The van der Waals surface area contributed by atoms with Crippen molar-refractivity contribution >= 4 is 17.7 Å². The van der Waals surface area contributed by atoms with Crippen LogP contribution in [0.5, 0.6) is 11.5 Å². The zero-order chi connectivity index (χ0) is 15.4. The molecule has 1 unspecified atom stereocenters.